The highest BCUT2D eigenvalue weighted by Gasteiger charge is 2.08. The first-order chi connectivity index (χ1) is 7.97. The molecule has 4 nitrogen and oxygen atoms in total. The minimum absolute atomic E-state index is 0.432. The lowest BCUT2D eigenvalue weighted by molar-refractivity contribution is 0.588. The van der Waals surface area contributed by atoms with Crippen molar-refractivity contribution in [2.24, 2.45) is 0 Å². The molecule has 0 saturated carbocycles. The highest BCUT2D eigenvalue weighted by Crippen LogP contribution is 2.21. The van der Waals surface area contributed by atoms with Gasteiger partial charge in [-0.1, -0.05) is 18.2 Å². The molecule has 0 radical (unpaired) electrons. The average molecular weight is 252 g/mol. The van der Waals surface area contributed by atoms with E-state index in [0.29, 0.717) is 13.0 Å². The first-order valence-electron chi connectivity index (χ1n) is 5.48. The van der Waals surface area contributed by atoms with Crippen LogP contribution >= 0.6 is 0 Å². The summed E-state index contributed by atoms with van der Waals surface area (Å²) >= 11 is 0. The van der Waals surface area contributed by atoms with Gasteiger partial charge in [0.25, 0.3) is 0 Å². The lowest BCUT2D eigenvalue weighted by Gasteiger charge is -2.02. The van der Waals surface area contributed by atoms with Gasteiger partial charge in [0.1, 0.15) is 0 Å². The fourth-order valence-electron chi connectivity index (χ4n) is 2.02. The van der Waals surface area contributed by atoms with E-state index in [-0.39, 0.29) is 0 Å². The third kappa shape index (κ3) is 2.87. The van der Waals surface area contributed by atoms with Crippen molar-refractivity contribution in [1.29, 1.82) is 0 Å². The number of nitrogens with one attached hydrogen (secondary N) is 2. The number of fused-ring (bicyclic) bond motifs is 1. The quantitative estimate of drug-likeness (QED) is 0.867. The Morgan fingerprint density at radius 2 is 2.00 bits per heavy atom. The summed E-state index contributed by atoms with van der Waals surface area (Å²) in [6, 6.07) is 8.05. The Bertz CT molecular complexity index is 629. The second-order valence-electron chi connectivity index (χ2n) is 4.19. The van der Waals surface area contributed by atoms with Gasteiger partial charge in [-0.2, -0.15) is 0 Å². The van der Waals surface area contributed by atoms with Crippen LogP contribution in [0.2, 0.25) is 0 Å². The Hall–Kier alpha value is -1.33. The maximum absolute atomic E-state index is 11.0. The van der Waals surface area contributed by atoms with Gasteiger partial charge in [-0.15, -0.1) is 0 Å². The molecular weight excluding hydrogens is 236 g/mol. The fraction of sp³-hybridized carbons (Fsp3) is 0.333. The summed E-state index contributed by atoms with van der Waals surface area (Å²) in [6.45, 7) is 2.44. The van der Waals surface area contributed by atoms with Crippen LogP contribution in [0, 0.1) is 6.92 Å². The molecule has 0 spiro atoms. The van der Waals surface area contributed by atoms with Crippen LogP contribution in [0.25, 0.3) is 10.9 Å². The molecule has 0 aliphatic rings. The average Bonchev–Trinajstić information content (AvgIpc) is 2.54. The molecule has 1 aromatic heterocycles. The first kappa shape index (κ1) is 12.1. The number of benzene rings is 1. The van der Waals surface area contributed by atoms with Crippen LogP contribution in [-0.2, 0) is 16.4 Å². The summed E-state index contributed by atoms with van der Waals surface area (Å²) in [5, 5.41) is 1.17. The van der Waals surface area contributed by atoms with Gasteiger partial charge in [0, 0.05) is 23.1 Å². The van der Waals surface area contributed by atoms with Gasteiger partial charge in [-0.3, -0.25) is 0 Å². The number of aryl methyl sites for hydroxylation is 1. The topological polar surface area (TPSA) is 62.0 Å². The zero-order valence-corrected chi connectivity index (χ0v) is 10.8. The van der Waals surface area contributed by atoms with Crippen LogP contribution in [0.3, 0.4) is 0 Å². The summed E-state index contributed by atoms with van der Waals surface area (Å²) < 4.78 is 24.5. The SMILES string of the molecule is Cc1[nH]c2ccccc2c1CCNS(C)(=O)=O. The van der Waals surface area contributed by atoms with Crippen molar-refractivity contribution >= 4 is 20.9 Å². The van der Waals surface area contributed by atoms with Crippen LogP contribution in [0.1, 0.15) is 11.3 Å². The molecule has 5 heteroatoms. The summed E-state index contributed by atoms with van der Waals surface area (Å²) in [7, 11) is -3.10. The smallest absolute Gasteiger partial charge is 0.208 e. The first-order valence-corrected chi connectivity index (χ1v) is 7.37. The number of para-hydroxylation sites is 1. The largest absolute Gasteiger partial charge is 0.358 e. The van der Waals surface area contributed by atoms with E-state index in [1.165, 1.54) is 17.2 Å². The summed E-state index contributed by atoms with van der Waals surface area (Å²) in [6.07, 6.45) is 1.87. The van der Waals surface area contributed by atoms with E-state index >= 15 is 0 Å². The predicted octanol–water partition coefficient (Wildman–Crippen LogP) is 1.57. The lowest BCUT2D eigenvalue weighted by Crippen LogP contribution is -2.24. The van der Waals surface area contributed by atoms with Crippen LogP contribution < -0.4 is 4.72 Å². The molecular formula is C12H16N2O2S. The molecule has 0 aliphatic heterocycles. The maximum atomic E-state index is 11.0. The highest BCUT2D eigenvalue weighted by atomic mass is 32.2. The molecule has 92 valence electrons. The number of hydrogen-bond acceptors (Lipinski definition) is 2. The van der Waals surface area contributed by atoms with Crippen molar-refractivity contribution in [1.82, 2.24) is 9.71 Å². The molecule has 1 aromatic carbocycles. The van der Waals surface area contributed by atoms with E-state index in [1.807, 2.05) is 25.1 Å². The number of aromatic nitrogens is 1. The number of sulfonamides is 1. The number of rotatable bonds is 4. The van der Waals surface area contributed by atoms with E-state index in [9.17, 15) is 8.42 Å². The van der Waals surface area contributed by atoms with Crippen molar-refractivity contribution < 1.29 is 8.42 Å². The molecule has 1 heterocycles. The van der Waals surface area contributed by atoms with Crippen molar-refractivity contribution in [2.75, 3.05) is 12.8 Å². The van der Waals surface area contributed by atoms with Crippen molar-refractivity contribution in [3.8, 4) is 0 Å². The van der Waals surface area contributed by atoms with Gasteiger partial charge in [-0.05, 0) is 25.0 Å². The number of H-pyrrole nitrogens is 1. The van der Waals surface area contributed by atoms with Crippen LogP contribution in [-0.4, -0.2) is 26.2 Å². The van der Waals surface area contributed by atoms with Crippen molar-refractivity contribution in [2.45, 2.75) is 13.3 Å². The van der Waals surface area contributed by atoms with E-state index in [0.717, 1.165) is 11.2 Å². The van der Waals surface area contributed by atoms with E-state index in [4.69, 9.17) is 0 Å². The third-order valence-electron chi connectivity index (χ3n) is 2.77. The zero-order chi connectivity index (χ0) is 12.5. The Morgan fingerprint density at radius 3 is 2.71 bits per heavy atom. The van der Waals surface area contributed by atoms with Gasteiger partial charge in [-0.25, -0.2) is 13.1 Å². The molecule has 0 fully saturated rings. The summed E-state index contributed by atoms with van der Waals surface area (Å²) in [5.74, 6) is 0. The maximum Gasteiger partial charge on any atom is 0.208 e. The van der Waals surface area contributed by atoms with Crippen molar-refractivity contribution in [3.63, 3.8) is 0 Å². The minimum atomic E-state index is -3.10. The van der Waals surface area contributed by atoms with E-state index in [1.54, 1.807) is 0 Å². The number of hydrogen-bond donors (Lipinski definition) is 2. The van der Waals surface area contributed by atoms with Crippen molar-refractivity contribution in [3.05, 3.63) is 35.5 Å². The Balaban J connectivity index is 2.21. The second-order valence-corrected chi connectivity index (χ2v) is 6.02. The molecule has 0 atom stereocenters. The highest BCUT2D eigenvalue weighted by molar-refractivity contribution is 7.88. The third-order valence-corrected chi connectivity index (χ3v) is 3.49. The van der Waals surface area contributed by atoms with E-state index < -0.39 is 10.0 Å². The molecule has 2 aromatic rings. The molecule has 2 rings (SSSR count). The van der Waals surface area contributed by atoms with Gasteiger partial charge in [0.05, 0.1) is 6.26 Å². The van der Waals surface area contributed by atoms with Gasteiger partial charge in [0.2, 0.25) is 10.0 Å². The standard InChI is InChI=1S/C12H16N2O2S/c1-9-10(7-8-13-17(2,15)16)11-5-3-4-6-12(11)14-9/h3-6,13-14H,7-8H2,1-2H3. The minimum Gasteiger partial charge on any atom is -0.358 e. The van der Waals surface area contributed by atoms with Crippen LogP contribution in [0.15, 0.2) is 24.3 Å². The molecule has 0 bridgehead atoms. The molecule has 17 heavy (non-hydrogen) atoms. The van der Waals surface area contributed by atoms with Gasteiger partial charge < -0.3 is 4.98 Å². The number of aromatic amines is 1. The molecule has 0 unspecified atom stereocenters. The second kappa shape index (κ2) is 4.50. The zero-order valence-electron chi connectivity index (χ0n) is 9.95. The molecule has 0 amide bonds. The van der Waals surface area contributed by atoms with Gasteiger partial charge in [0.15, 0.2) is 0 Å². The fourth-order valence-corrected chi connectivity index (χ4v) is 2.49. The predicted molar refractivity (Wildman–Crippen MR) is 69.6 cm³/mol. The Labute approximate surface area is 101 Å². The monoisotopic (exact) mass is 252 g/mol. The Kier molecular flexibility index (Phi) is 3.22. The van der Waals surface area contributed by atoms with Crippen LogP contribution in [0.4, 0.5) is 0 Å². The Morgan fingerprint density at radius 1 is 1.29 bits per heavy atom. The summed E-state index contributed by atoms with van der Waals surface area (Å²) in [4.78, 5) is 3.30. The lowest BCUT2D eigenvalue weighted by atomic mass is 10.1. The normalized spacial score (nSPS) is 12.1. The van der Waals surface area contributed by atoms with Crippen LogP contribution in [0.5, 0.6) is 0 Å². The summed E-state index contributed by atoms with van der Waals surface area (Å²) in [5.41, 5.74) is 3.37. The van der Waals surface area contributed by atoms with Gasteiger partial charge >= 0.3 is 0 Å². The molecule has 0 saturated heterocycles. The molecule has 2 N–H and O–H groups in total. The van der Waals surface area contributed by atoms with E-state index in [2.05, 4.69) is 15.8 Å². The molecule has 0 aliphatic carbocycles.